The van der Waals surface area contributed by atoms with Crippen LogP contribution in [0.15, 0.2) is 0 Å². The Morgan fingerprint density at radius 1 is 1.00 bits per heavy atom. The quantitative estimate of drug-likeness (QED) is 0.277. The van der Waals surface area contributed by atoms with Gasteiger partial charge in [-0.1, -0.05) is 0 Å². The van der Waals surface area contributed by atoms with Gasteiger partial charge >= 0.3 is 26.0 Å². The predicted octanol–water partition coefficient (Wildman–Crippen LogP) is -1.31. The summed E-state index contributed by atoms with van der Waals surface area (Å²) in [7, 11) is 0. The number of hydrogen-bond acceptors (Lipinski definition) is 3. The molecule has 0 rings (SSSR count). The predicted molar refractivity (Wildman–Crippen MR) is 25.4 cm³/mol. The van der Waals surface area contributed by atoms with Crippen LogP contribution in [0.4, 0.5) is 0 Å². The van der Waals surface area contributed by atoms with Gasteiger partial charge in [0.15, 0.2) is 0 Å². The van der Waals surface area contributed by atoms with Crippen molar-refractivity contribution < 1.29 is 3.02 Å². The molecule has 0 saturated heterocycles. The van der Waals surface area contributed by atoms with E-state index in [1.807, 2.05) is 0 Å². The van der Waals surface area contributed by atoms with Crippen LogP contribution in [0, 0.1) is 0 Å². The zero-order valence-electron chi connectivity index (χ0n) is 1.80. The van der Waals surface area contributed by atoms with E-state index in [1.165, 1.54) is 0 Å². The van der Waals surface area contributed by atoms with E-state index < -0.39 is 0 Å². The Labute approximate surface area is 52.9 Å². The zero-order chi connectivity index (χ0) is 2.00. The molecule has 0 heterocycles. The maximum Gasteiger partial charge on any atom is -0.813 e. The van der Waals surface area contributed by atoms with Gasteiger partial charge in [0.25, 0.3) is 0 Å². The summed E-state index contributed by atoms with van der Waals surface area (Å²) < 4.78 is 8.34. The molecule has 0 fully saturated rings. The Bertz CT molecular complexity index is 6.00. The summed E-state index contributed by atoms with van der Waals surface area (Å²) in [6, 6.07) is 0. The molecule has 4 heteroatoms. The van der Waals surface area contributed by atoms with Crippen LogP contribution in [-0.2, 0) is 30.0 Å². The first-order chi connectivity index (χ1) is 1.00. The molecule has 0 atom stereocenters. The summed E-state index contributed by atoms with van der Waals surface area (Å²) in [6.45, 7) is 0. The summed E-state index contributed by atoms with van der Waals surface area (Å²) >= 11 is 0.300. The van der Waals surface area contributed by atoms with E-state index in [-0.39, 0.29) is 27.0 Å². The fourth-order valence-corrected chi connectivity index (χ4v) is 0. The van der Waals surface area contributed by atoms with Crippen molar-refractivity contribution in [1.82, 2.24) is 0 Å². The molecule has 0 aliphatic heterocycles. The molecule has 0 spiro atoms. The minimum absolute atomic E-state index is 0. The van der Waals surface area contributed by atoms with Crippen LogP contribution < -0.4 is 0 Å². The van der Waals surface area contributed by atoms with Gasteiger partial charge in [0.1, 0.15) is 0 Å². The van der Waals surface area contributed by atoms with Crippen LogP contribution in [0.2, 0.25) is 0 Å². The summed E-state index contributed by atoms with van der Waals surface area (Å²) in [5.41, 5.74) is 0. The summed E-state index contributed by atoms with van der Waals surface area (Å²) in [5.74, 6) is 0. The molecule has 0 aromatic rings. The molecule has 4 heavy (non-hydrogen) atoms. The monoisotopic (exact) mass is 204 g/mol. The molecular weight excluding hydrogens is 202 g/mol. The van der Waals surface area contributed by atoms with Crippen LogP contribution in [0.25, 0.3) is 0 Å². The minimum atomic E-state index is 0. The Morgan fingerprint density at radius 2 is 1.00 bits per heavy atom. The van der Waals surface area contributed by atoms with E-state index >= 15 is 0 Å². The van der Waals surface area contributed by atoms with Crippen molar-refractivity contribution >= 4 is 50.0 Å². The van der Waals surface area contributed by atoms with Gasteiger partial charge in [-0.2, -0.15) is 0 Å². The normalized spacial score (nSPS) is 1.00. The van der Waals surface area contributed by atoms with Crippen molar-refractivity contribution in [3.8, 4) is 0 Å². The molecule has 0 aliphatic carbocycles. The van der Waals surface area contributed by atoms with E-state index in [2.05, 4.69) is 0 Å². The standard InChI is InChI=1S/O.2H2S.Sb.H/h;2*1H2;;/p-2. The molecule has 0 unspecified atom stereocenters. The van der Waals surface area contributed by atoms with Gasteiger partial charge in [0, 0.05) is 0 Å². The van der Waals surface area contributed by atoms with Gasteiger partial charge in [-0.15, -0.1) is 0 Å². The second-order valence-electron chi connectivity index (χ2n) is 0. The second-order valence-corrected chi connectivity index (χ2v) is 0. The molecular formula is H3OS2Sb-2. The Kier molecular flexibility index (Phi) is 126. The van der Waals surface area contributed by atoms with Crippen molar-refractivity contribution in [2.75, 3.05) is 0 Å². The van der Waals surface area contributed by atoms with E-state index in [0.717, 1.165) is 0 Å². The van der Waals surface area contributed by atoms with Crippen molar-refractivity contribution in [3.05, 3.63) is 0 Å². The van der Waals surface area contributed by atoms with Gasteiger partial charge in [-0.05, 0) is 0 Å². The number of thiol groups is 2. The minimum Gasteiger partial charge on any atom is -0.813 e. The molecule has 28 valence electrons. The molecule has 0 bridgehead atoms. The van der Waals surface area contributed by atoms with Crippen molar-refractivity contribution in [3.63, 3.8) is 0 Å². The molecule has 0 aliphatic rings. The Balaban J connectivity index is -0.00000000500. The van der Waals surface area contributed by atoms with Crippen LogP contribution in [0.3, 0.4) is 0 Å². The van der Waals surface area contributed by atoms with E-state index in [9.17, 15) is 0 Å². The SMILES string of the molecule is [O]=[SbH].[SH-].[SH-]. The van der Waals surface area contributed by atoms with Gasteiger partial charge < -0.3 is 27.0 Å². The van der Waals surface area contributed by atoms with Gasteiger partial charge in [0.2, 0.25) is 0 Å². The first-order valence-corrected chi connectivity index (χ1v) is 1.37. The third-order valence-corrected chi connectivity index (χ3v) is 0. The first-order valence-electron chi connectivity index (χ1n) is 0.204. The smallest absolute Gasteiger partial charge is 0.813 e. The van der Waals surface area contributed by atoms with Crippen LogP contribution in [0.5, 0.6) is 0 Å². The zero-order valence-corrected chi connectivity index (χ0v) is 6.45. The van der Waals surface area contributed by atoms with E-state index in [4.69, 9.17) is 3.02 Å². The van der Waals surface area contributed by atoms with Crippen molar-refractivity contribution in [1.29, 1.82) is 0 Å². The van der Waals surface area contributed by atoms with Crippen molar-refractivity contribution in [2.24, 2.45) is 0 Å². The van der Waals surface area contributed by atoms with Gasteiger partial charge in [0.05, 0.1) is 0 Å². The maximum absolute atomic E-state index is 8.34. The summed E-state index contributed by atoms with van der Waals surface area (Å²) in [6.07, 6.45) is 0. The average molecular weight is 205 g/mol. The second kappa shape index (κ2) is 27.4. The van der Waals surface area contributed by atoms with E-state index in [0.29, 0.717) is 23.0 Å². The third kappa shape index (κ3) is 10.3. The molecule has 1 nitrogen and oxygen atoms in total. The molecule has 0 amide bonds. The number of hydrogen-bond donors (Lipinski definition) is 0. The molecule has 0 aromatic heterocycles. The van der Waals surface area contributed by atoms with E-state index in [1.54, 1.807) is 0 Å². The Morgan fingerprint density at radius 3 is 1.00 bits per heavy atom. The third-order valence-electron chi connectivity index (χ3n) is 0. The Hall–Kier alpha value is 1.32. The average Bonchev–Trinajstić information content (AvgIpc) is 1.00. The molecule has 0 saturated carbocycles. The fourth-order valence-electron chi connectivity index (χ4n) is 0. The summed E-state index contributed by atoms with van der Waals surface area (Å²) in [5, 5.41) is 0. The largest absolute Gasteiger partial charge is 0.813 e. The molecule has 0 aromatic carbocycles. The van der Waals surface area contributed by atoms with Crippen LogP contribution in [-0.4, -0.2) is 23.0 Å². The topological polar surface area (TPSA) is 17.1 Å². The molecule has 0 radical (unpaired) electrons. The maximum atomic E-state index is 8.34. The number of rotatable bonds is 0. The van der Waals surface area contributed by atoms with Crippen LogP contribution >= 0.6 is 0 Å². The van der Waals surface area contributed by atoms with Crippen molar-refractivity contribution in [2.45, 2.75) is 0 Å². The van der Waals surface area contributed by atoms with Crippen LogP contribution in [0.1, 0.15) is 0 Å². The van der Waals surface area contributed by atoms with Gasteiger partial charge in [-0.3, -0.25) is 0 Å². The fraction of sp³-hybridized carbons (Fsp3) is 0. The molecule has 0 N–H and O–H groups in total. The summed E-state index contributed by atoms with van der Waals surface area (Å²) in [4.78, 5) is 0. The first kappa shape index (κ1) is 18.5. The van der Waals surface area contributed by atoms with Gasteiger partial charge in [-0.25, -0.2) is 0 Å².